The second-order valence-electron chi connectivity index (χ2n) is 7.01. The second kappa shape index (κ2) is 7.23. The molecular weight excluding hydrogens is 260 g/mol. The lowest BCUT2D eigenvalue weighted by molar-refractivity contribution is 0.249. The van der Waals surface area contributed by atoms with Crippen molar-refractivity contribution < 1.29 is 4.43 Å². The first-order valence-electron chi connectivity index (χ1n) is 7.63. The number of hydrogen-bond acceptors (Lipinski definition) is 1. The van der Waals surface area contributed by atoms with Crippen LogP contribution in [0.2, 0.25) is 18.1 Å². The van der Waals surface area contributed by atoms with Crippen LogP contribution in [0.5, 0.6) is 0 Å². The maximum Gasteiger partial charge on any atom is 0.192 e. The van der Waals surface area contributed by atoms with E-state index < -0.39 is 8.32 Å². The average molecular weight is 291 g/mol. The largest absolute Gasteiger partial charge is 0.416 e. The van der Waals surface area contributed by atoms with E-state index in [1.165, 1.54) is 5.56 Å². The zero-order valence-corrected chi connectivity index (χ0v) is 14.9. The van der Waals surface area contributed by atoms with Gasteiger partial charge >= 0.3 is 0 Å². The smallest absolute Gasteiger partial charge is 0.192 e. The van der Waals surface area contributed by atoms with E-state index in [2.05, 4.69) is 83.3 Å². The van der Waals surface area contributed by atoms with Crippen molar-refractivity contribution in [3.63, 3.8) is 0 Å². The Morgan fingerprint density at radius 3 is 2.25 bits per heavy atom. The molecule has 0 saturated heterocycles. The Hall–Kier alpha value is -0.863. The highest BCUT2D eigenvalue weighted by Gasteiger charge is 2.37. The number of benzene rings is 1. The SMILES string of the molecule is CCC(/C=C/c1ccccc1)CO[Si](C)(C)C(C)(C)C. The molecule has 1 aromatic rings. The Bertz CT molecular complexity index is 415. The van der Waals surface area contributed by atoms with Crippen molar-refractivity contribution in [2.24, 2.45) is 5.92 Å². The Morgan fingerprint density at radius 1 is 1.15 bits per heavy atom. The van der Waals surface area contributed by atoms with Gasteiger partial charge in [-0.25, -0.2) is 0 Å². The zero-order valence-electron chi connectivity index (χ0n) is 13.9. The van der Waals surface area contributed by atoms with Crippen molar-refractivity contribution >= 4 is 14.4 Å². The summed E-state index contributed by atoms with van der Waals surface area (Å²) in [5.41, 5.74) is 1.26. The quantitative estimate of drug-likeness (QED) is 0.606. The molecule has 0 amide bonds. The van der Waals surface area contributed by atoms with Crippen LogP contribution in [0.1, 0.15) is 39.7 Å². The molecule has 0 aromatic heterocycles. The van der Waals surface area contributed by atoms with Gasteiger partial charge in [0, 0.05) is 6.61 Å². The van der Waals surface area contributed by atoms with Crippen LogP contribution in [0.25, 0.3) is 6.08 Å². The maximum absolute atomic E-state index is 6.32. The minimum absolute atomic E-state index is 0.286. The van der Waals surface area contributed by atoms with Gasteiger partial charge in [-0.15, -0.1) is 0 Å². The van der Waals surface area contributed by atoms with Crippen molar-refractivity contribution in [3.8, 4) is 0 Å². The van der Waals surface area contributed by atoms with Gasteiger partial charge in [0.2, 0.25) is 0 Å². The molecule has 0 radical (unpaired) electrons. The van der Waals surface area contributed by atoms with Crippen molar-refractivity contribution in [1.29, 1.82) is 0 Å². The summed E-state index contributed by atoms with van der Waals surface area (Å²) in [7, 11) is -1.63. The van der Waals surface area contributed by atoms with E-state index in [4.69, 9.17) is 4.43 Å². The molecule has 1 rings (SSSR count). The molecule has 0 fully saturated rings. The van der Waals surface area contributed by atoms with E-state index in [1.807, 2.05) is 0 Å². The number of rotatable bonds is 6. The van der Waals surface area contributed by atoms with Crippen LogP contribution in [0.4, 0.5) is 0 Å². The van der Waals surface area contributed by atoms with Crippen LogP contribution in [0.3, 0.4) is 0 Å². The third-order valence-corrected chi connectivity index (χ3v) is 8.85. The second-order valence-corrected chi connectivity index (χ2v) is 11.8. The molecule has 0 aliphatic carbocycles. The van der Waals surface area contributed by atoms with E-state index in [0.717, 1.165) is 13.0 Å². The summed E-state index contributed by atoms with van der Waals surface area (Å²) in [4.78, 5) is 0. The first-order valence-corrected chi connectivity index (χ1v) is 10.5. The minimum atomic E-state index is -1.63. The molecule has 0 heterocycles. The molecule has 0 saturated carbocycles. The molecule has 20 heavy (non-hydrogen) atoms. The van der Waals surface area contributed by atoms with Crippen LogP contribution in [-0.4, -0.2) is 14.9 Å². The van der Waals surface area contributed by atoms with Gasteiger partial charge in [-0.1, -0.05) is 70.2 Å². The molecule has 2 heteroatoms. The van der Waals surface area contributed by atoms with Crippen LogP contribution in [0.15, 0.2) is 36.4 Å². The topological polar surface area (TPSA) is 9.23 Å². The summed E-state index contributed by atoms with van der Waals surface area (Å²) in [5, 5.41) is 0.286. The summed E-state index contributed by atoms with van der Waals surface area (Å²) in [5.74, 6) is 0.504. The summed E-state index contributed by atoms with van der Waals surface area (Å²) in [6.07, 6.45) is 5.63. The summed E-state index contributed by atoms with van der Waals surface area (Å²) >= 11 is 0. The van der Waals surface area contributed by atoms with Gasteiger partial charge < -0.3 is 4.43 Å². The molecule has 0 aliphatic heterocycles. The van der Waals surface area contributed by atoms with Gasteiger partial charge in [0.25, 0.3) is 0 Å². The summed E-state index contributed by atoms with van der Waals surface area (Å²) in [6, 6.07) is 10.5. The van der Waals surface area contributed by atoms with Crippen LogP contribution >= 0.6 is 0 Å². The first-order chi connectivity index (χ1) is 9.26. The highest BCUT2D eigenvalue weighted by Crippen LogP contribution is 2.36. The normalized spacial score (nSPS) is 14.7. The molecule has 1 aromatic carbocycles. The molecule has 1 nitrogen and oxygen atoms in total. The molecule has 0 N–H and O–H groups in total. The Morgan fingerprint density at radius 2 is 1.75 bits per heavy atom. The van der Waals surface area contributed by atoms with Crippen molar-refractivity contribution in [3.05, 3.63) is 42.0 Å². The summed E-state index contributed by atoms with van der Waals surface area (Å²) < 4.78 is 6.32. The van der Waals surface area contributed by atoms with Gasteiger partial charge in [0.15, 0.2) is 8.32 Å². The Kier molecular flexibility index (Phi) is 6.22. The molecule has 0 aliphatic rings. The third kappa shape index (κ3) is 5.26. The summed E-state index contributed by atoms with van der Waals surface area (Å²) in [6.45, 7) is 14.6. The minimum Gasteiger partial charge on any atom is -0.416 e. The molecule has 112 valence electrons. The Labute approximate surface area is 126 Å². The highest BCUT2D eigenvalue weighted by molar-refractivity contribution is 6.74. The predicted octanol–water partition coefficient (Wildman–Crippen LogP) is 5.75. The van der Waals surface area contributed by atoms with Crippen LogP contribution < -0.4 is 0 Å². The van der Waals surface area contributed by atoms with Gasteiger partial charge in [-0.05, 0) is 36.0 Å². The average Bonchev–Trinajstić information content (AvgIpc) is 2.39. The predicted molar refractivity (Wildman–Crippen MR) is 92.4 cm³/mol. The monoisotopic (exact) mass is 290 g/mol. The molecular formula is C18H30OSi. The van der Waals surface area contributed by atoms with Gasteiger partial charge in [0.05, 0.1) is 0 Å². The molecule has 0 spiro atoms. The van der Waals surface area contributed by atoms with Gasteiger partial charge in [0.1, 0.15) is 0 Å². The molecule has 1 unspecified atom stereocenters. The standard InChI is InChI=1S/C18H30OSi/c1-7-16(13-14-17-11-9-8-10-12-17)15-19-20(5,6)18(2,3)4/h8-14,16H,7,15H2,1-6H3/b14-13+. The first kappa shape index (κ1) is 17.2. The fourth-order valence-electron chi connectivity index (χ4n) is 1.65. The van der Waals surface area contributed by atoms with E-state index in [9.17, 15) is 0 Å². The lowest BCUT2D eigenvalue weighted by Gasteiger charge is -2.37. The van der Waals surface area contributed by atoms with Gasteiger partial charge in [-0.2, -0.15) is 0 Å². The fourth-order valence-corrected chi connectivity index (χ4v) is 2.72. The molecule has 0 bridgehead atoms. The van der Waals surface area contributed by atoms with E-state index >= 15 is 0 Å². The van der Waals surface area contributed by atoms with Crippen LogP contribution in [-0.2, 0) is 4.43 Å². The lowest BCUT2D eigenvalue weighted by atomic mass is 10.1. The third-order valence-electron chi connectivity index (χ3n) is 4.35. The zero-order chi connectivity index (χ0) is 15.2. The maximum atomic E-state index is 6.32. The van der Waals surface area contributed by atoms with Crippen molar-refractivity contribution in [1.82, 2.24) is 0 Å². The molecule has 1 atom stereocenters. The van der Waals surface area contributed by atoms with E-state index in [0.29, 0.717) is 5.92 Å². The van der Waals surface area contributed by atoms with E-state index in [-0.39, 0.29) is 5.04 Å². The van der Waals surface area contributed by atoms with Gasteiger partial charge in [-0.3, -0.25) is 0 Å². The van der Waals surface area contributed by atoms with E-state index in [1.54, 1.807) is 0 Å². The van der Waals surface area contributed by atoms with Crippen molar-refractivity contribution in [2.45, 2.75) is 52.2 Å². The Balaban J connectivity index is 2.59. The van der Waals surface area contributed by atoms with Crippen molar-refractivity contribution in [2.75, 3.05) is 6.61 Å². The van der Waals surface area contributed by atoms with Crippen LogP contribution in [0, 0.1) is 5.92 Å². The highest BCUT2D eigenvalue weighted by atomic mass is 28.4. The lowest BCUT2D eigenvalue weighted by Crippen LogP contribution is -2.41. The number of hydrogen-bond donors (Lipinski definition) is 0. The fraction of sp³-hybridized carbons (Fsp3) is 0.556.